The van der Waals surface area contributed by atoms with Gasteiger partial charge in [-0.25, -0.2) is 0 Å². The summed E-state index contributed by atoms with van der Waals surface area (Å²) in [6, 6.07) is 10.3. The zero-order valence-corrected chi connectivity index (χ0v) is 12.4. The van der Waals surface area contributed by atoms with Gasteiger partial charge in [0.2, 0.25) is 0 Å². The van der Waals surface area contributed by atoms with E-state index in [2.05, 4.69) is 29.4 Å². The topological polar surface area (TPSA) is 42.7 Å². The van der Waals surface area contributed by atoms with Crippen LogP contribution >= 0.6 is 0 Å². The smallest absolute Gasteiger partial charge is 0.100 e. The van der Waals surface area contributed by atoms with Gasteiger partial charge in [-0.05, 0) is 25.1 Å². The summed E-state index contributed by atoms with van der Waals surface area (Å²) in [6.45, 7) is 5.32. The summed E-state index contributed by atoms with van der Waals surface area (Å²) in [7, 11) is 0. The third-order valence-electron chi connectivity index (χ3n) is 3.40. The number of nitrogens with zero attached hydrogens (tertiary/aromatic N) is 3. The molecular weight excluding hydrogens is 248 g/mol. The Labute approximate surface area is 121 Å². The first-order valence-electron chi connectivity index (χ1n) is 7.56. The van der Waals surface area contributed by atoms with Crippen molar-refractivity contribution in [1.29, 1.82) is 0 Å². The molecular formula is C16H24N4. The predicted octanol–water partition coefficient (Wildman–Crippen LogP) is 3.50. The highest BCUT2D eigenvalue weighted by Crippen LogP contribution is 2.18. The molecule has 0 saturated heterocycles. The lowest BCUT2D eigenvalue weighted by molar-refractivity contribution is 0.474. The molecule has 0 aliphatic heterocycles. The van der Waals surface area contributed by atoms with Crippen LogP contribution in [-0.2, 0) is 0 Å². The lowest BCUT2D eigenvalue weighted by Crippen LogP contribution is -2.21. The Balaban J connectivity index is 2.08. The highest BCUT2D eigenvalue weighted by molar-refractivity contribution is 5.28. The molecule has 0 aliphatic rings. The summed E-state index contributed by atoms with van der Waals surface area (Å²) in [5, 5.41) is 12.5. The number of hydrogen-bond donors (Lipinski definition) is 1. The van der Waals surface area contributed by atoms with E-state index in [4.69, 9.17) is 0 Å². The van der Waals surface area contributed by atoms with Gasteiger partial charge in [0.05, 0.1) is 17.9 Å². The van der Waals surface area contributed by atoms with Crippen LogP contribution in [0, 0.1) is 0 Å². The lowest BCUT2D eigenvalue weighted by atomic mass is 10.1. The van der Waals surface area contributed by atoms with E-state index in [-0.39, 0.29) is 0 Å². The van der Waals surface area contributed by atoms with Gasteiger partial charge in [0.1, 0.15) is 5.69 Å². The summed E-state index contributed by atoms with van der Waals surface area (Å²) in [6.07, 6.45) is 6.75. The molecule has 0 amide bonds. The molecule has 0 bridgehead atoms. The molecule has 0 fully saturated rings. The maximum atomic E-state index is 4.62. The number of hydrogen-bond acceptors (Lipinski definition) is 3. The van der Waals surface area contributed by atoms with Crippen LogP contribution in [0.25, 0.3) is 5.69 Å². The molecule has 0 radical (unpaired) electrons. The Morgan fingerprint density at radius 2 is 1.95 bits per heavy atom. The molecule has 20 heavy (non-hydrogen) atoms. The number of para-hydroxylation sites is 1. The van der Waals surface area contributed by atoms with Gasteiger partial charge in [-0.1, -0.05) is 51.3 Å². The second-order valence-corrected chi connectivity index (χ2v) is 5.00. The van der Waals surface area contributed by atoms with Crippen LogP contribution < -0.4 is 5.32 Å². The van der Waals surface area contributed by atoms with Crippen LogP contribution in [0.5, 0.6) is 0 Å². The van der Waals surface area contributed by atoms with Crippen molar-refractivity contribution in [3.63, 3.8) is 0 Å². The Morgan fingerprint density at radius 1 is 1.15 bits per heavy atom. The SMILES string of the molecule is CCCCCC(NCC)c1cnn(-c2ccccc2)n1. The fraction of sp³-hybridized carbons (Fsp3) is 0.500. The average Bonchev–Trinajstić information content (AvgIpc) is 2.97. The fourth-order valence-corrected chi connectivity index (χ4v) is 2.32. The summed E-state index contributed by atoms with van der Waals surface area (Å²) >= 11 is 0. The van der Waals surface area contributed by atoms with Gasteiger partial charge in [0, 0.05) is 0 Å². The van der Waals surface area contributed by atoms with Crippen molar-refractivity contribution in [2.75, 3.05) is 6.54 Å². The van der Waals surface area contributed by atoms with Gasteiger partial charge in [0.25, 0.3) is 0 Å². The predicted molar refractivity (Wildman–Crippen MR) is 81.9 cm³/mol. The minimum atomic E-state index is 0.309. The van der Waals surface area contributed by atoms with Crippen molar-refractivity contribution < 1.29 is 0 Å². The molecule has 0 aliphatic carbocycles. The maximum Gasteiger partial charge on any atom is 0.100 e. The minimum absolute atomic E-state index is 0.309. The number of aromatic nitrogens is 3. The molecule has 0 spiro atoms. The highest BCUT2D eigenvalue weighted by atomic mass is 15.5. The van der Waals surface area contributed by atoms with Crippen LogP contribution in [0.1, 0.15) is 51.3 Å². The van der Waals surface area contributed by atoms with E-state index in [0.717, 1.165) is 24.3 Å². The van der Waals surface area contributed by atoms with Crippen LogP contribution in [0.2, 0.25) is 0 Å². The van der Waals surface area contributed by atoms with E-state index in [1.54, 1.807) is 4.80 Å². The van der Waals surface area contributed by atoms with Gasteiger partial charge in [-0.2, -0.15) is 15.0 Å². The first-order valence-corrected chi connectivity index (χ1v) is 7.56. The van der Waals surface area contributed by atoms with Crippen molar-refractivity contribution in [1.82, 2.24) is 20.3 Å². The minimum Gasteiger partial charge on any atom is -0.309 e. The van der Waals surface area contributed by atoms with E-state index in [9.17, 15) is 0 Å². The normalized spacial score (nSPS) is 12.5. The quantitative estimate of drug-likeness (QED) is 0.748. The van der Waals surface area contributed by atoms with Crippen molar-refractivity contribution in [3.05, 3.63) is 42.2 Å². The van der Waals surface area contributed by atoms with E-state index in [1.165, 1.54) is 19.3 Å². The standard InChI is InChI=1S/C16H24N4/c1-3-5-7-12-15(17-4-2)16-13-18-20(19-16)14-10-8-6-9-11-14/h6,8-11,13,15,17H,3-5,7,12H2,1-2H3. The summed E-state index contributed by atoms with van der Waals surface area (Å²) in [4.78, 5) is 1.71. The molecule has 2 aromatic rings. The van der Waals surface area contributed by atoms with Crippen molar-refractivity contribution in [2.24, 2.45) is 0 Å². The molecule has 0 saturated carbocycles. The van der Waals surface area contributed by atoms with Crippen LogP contribution in [-0.4, -0.2) is 21.5 Å². The molecule has 4 nitrogen and oxygen atoms in total. The van der Waals surface area contributed by atoms with Crippen LogP contribution in [0.3, 0.4) is 0 Å². The maximum absolute atomic E-state index is 4.62. The average molecular weight is 272 g/mol. The van der Waals surface area contributed by atoms with E-state index in [1.807, 2.05) is 36.5 Å². The lowest BCUT2D eigenvalue weighted by Gasteiger charge is -2.14. The number of rotatable bonds is 8. The largest absolute Gasteiger partial charge is 0.309 e. The molecule has 1 N–H and O–H groups in total. The van der Waals surface area contributed by atoms with Gasteiger partial charge < -0.3 is 5.32 Å². The second kappa shape index (κ2) is 7.80. The third-order valence-corrected chi connectivity index (χ3v) is 3.40. The molecule has 2 rings (SSSR count). The monoisotopic (exact) mass is 272 g/mol. The molecule has 1 aromatic heterocycles. The highest BCUT2D eigenvalue weighted by Gasteiger charge is 2.14. The molecule has 1 unspecified atom stereocenters. The third kappa shape index (κ3) is 3.90. The second-order valence-electron chi connectivity index (χ2n) is 5.00. The zero-order valence-electron chi connectivity index (χ0n) is 12.4. The van der Waals surface area contributed by atoms with E-state index in [0.29, 0.717) is 6.04 Å². The van der Waals surface area contributed by atoms with Crippen molar-refractivity contribution >= 4 is 0 Å². The van der Waals surface area contributed by atoms with Gasteiger partial charge in [0.15, 0.2) is 0 Å². The van der Waals surface area contributed by atoms with Crippen molar-refractivity contribution in [3.8, 4) is 5.69 Å². The van der Waals surface area contributed by atoms with Crippen molar-refractivity contribution in [2.45, 2.75) is 45.6 Å². The fourth-order valence-electron chi connectivity index (χ4n) is 2.32. The molecule has 1 atom stereocenters. The van der Waals surface area contributed by atoms with Gasteiger partial charge in [-0.3, -0.25) is 0 Å². The first-order chi connectivity index (χ1) is 9.85. The molecule has 1 heterocycles. The summed E-state index contributed by atoms with van der Waals surface area (Å²) in [5.74, 6) is 0. The van der Waals surface area contributed by atoms with E-state index >= 15 is 0 Å². The number of nitrogens with one attached hydrogen (secondary N) is 1. The Hall–Kier alpha value is -1.68. The molecule has 108 valence electrons. The summed E-state index contributed by atoms with van der Waals surface area (Å²) in [5.41, 5.74) is 2.04. The summed E-state index contributed by atoms with van der Waals surface area (Å²) < 4.78 is 0. The Morgan fingerprint density at radius 3 is 2.65 bits per heavy atom. The van der Waals surface area contributed by atoms with Gasteiger partial charge >= 0.3 is 0 Å². The zero-order chi connectivity index (χ0) is 14.2. The van der Waals surface area contributed by atoms with Crippen LogP contribution in [0.4, 0.5) is 0 Å². The van der Waals surface area contributed by atoms with Crippen LogP contribution in [0.15, 0.2) is 36.5 Å². The Kier molecular flexibility index (Phi) is 5.74. The first kappa shape index (κ1) is 14.7. The molecule has 1 aromatic carbocycles. The van der Waals surface area contributed by atoms with Gasteiger partial charge in [-0.15, -0.1) is 0 Å². The Bertz CT molecular complexity index is 492. The number of unbranched alkanes of at least 4 members (excludes halogenated alkanes) is 2. The number of benzene rings is 1. The molecule has 4 heteroatoms. The van der Waals surface area contributed by atoms with E-state index < -0.39 is 0 Å².